The van der Waals surface area contributed by atoms with Gasteiger partial charge in [0.25, 0.3) is 0 Å². The molecule has 0 spiro atoms. The van der Waals surface area contributed by atoms with Crippen LogP contribution in [0, 0.1) is 29.6 Å². The van der Waals surface area contributed by atoms with E-state index in [0.717, 1.165) is 0 Å². The van der Waals surface area contributed by atoms with E-state index in [1.165, 1.54) is 6.42 Å². The number of hydrogen-bond acceptors (Lipinski definition) is 2. The predicted molar refractivity (Wildman–Crippen MR) is 47.8 cm³/mol. The highest BCUT2D eigenvalue weighted by Crippen LogP contribution is 2.52. The molecule has 0 N–H and O–H groups in total. The Morgan fingerprint density at radius 1 is 1.38 bits per heavy atom. The average molecular weight is 178 g/mol. The topological polar surface area (TPSA) is 26.3 Å². The van der Waals surface area contributed by atoms with Gasteiger partial charge in [0.1, 0.15) is 0 Å². The lowest BCUT2D eigenvalue weighted by molar-refractivity contribution is -0.161. The molecule has 1 saturated heterocycles. The molecule has 2 nitrogen and oxygen atoms in total. The quantitative estimate of drug-likeness (QED) is 0.416. The Balaban J connectivity index is 1.98. The first-order valence-electron chi connectivity index (χ1n) is 5.12. The van der Waals surface area contributed by atoms with Gasteiger partial charge in [-0.3, -0.25) is 4.79 Å². The molecular weight excluding hydrogens is 164 g/mol. The van der Waals surface area contributed by atoms with Gasteiger partial charge in [0, 0.05) is 0 Å². The lowest BCUT2D eigenvalue weighted by Crippen LogP contribution is -2.40. The molecule has 13 heavy (non-hydrogen) atoms. The number of hydrogen-bond donors (Lipinski definition) is 0. The first kappa shape index (κ1) is 7.60. The minimum absolute atomic E-state index is 0.0555. The smallest absolute Gasteiger partial charge is 0.309 e. The van der Waals surface area contributed by atoms with E-state index in [4.69, 9.17) is 4.74 Å². The van der Waals surface area contributed by atoms with Crippen molar-refractivity contribution in [2.75, 3.05) is 6.61 Å². The van der Waals surface area contributed by atoms with Crippen molar-refractivity contribution in [1.82, 2.24) is 0 Å². The summed E-state index contributed by atoms with van der Waals surface area (Å²) in [6.45, 7) is 2.84. The number of carbonyl (C=O) groups is 1. The molecule has 0 aromatic rings. The van der Waals surface area contributed by atoms with Crippen LogP contribution in [0.1, 0.15) is 13.3 Å². The molecule has 3 aliphatic rings. The number of allylic oxidation sites excluding steroid dienone is 2. The third-order valence-electron chi connectivity index (χ3n) is 3.94. The van der Waals surface area contributed by atoms with Crippen LogP contribution in [0.2, 0.25) is 0 Å². The Bertz CT molecular complexity index is 282. The summed E-state index contributed by atoms with van der Waals surface area (Å²) in [6, 6.07) is 0. The van der Waals surface area contributed by atoms with Crippen LogP contribution in [-0.4, -0.2) is 12.6 Å². The molecule has 0 amide bonds. The number of carbonyl (C=O) groups excluding carboxylic acids is 1. The first-order valence-corrected chi connectivity index (χ1v) is 5.12. The Kier molecular flexibility index (Phi) is 1.38. The fourth-order valence-corrected chi connectivity index (χ4v) is 3.39. The van der Waals surface area contributed by atoms with Gasteiger partial charge >= 0.3 is 5.97 Å². The maximum atomic E-state index is 11.6. The Morgan fingerprint density at radius 3 is 2.92 bits per heavy atom. The molecule has 2 heteroatoms. The minimum atomic E-state index is 0.0555. The Labute approximate surface area is 78.0 Å². The zero-order valence-corrected chi connectivity index (χ0v) is 7.77. The van der Waals surface area contributed by atoms with Crippen molar-refractivity contribution in [3.63, 3.8) is 0 Å². The highest BCUT2D eigenvalue weighted by molar-refractivity contribution is 5.75. The highest BCUT2D eigenvalue weighted by atomic mass is 16.5. The zero-order valence-electron chi connectivity index (χ0n) is 7.77. The molecule has 1 saturated carbocycles. The van der Waals surface area contributed by atoms with Gasteiger partial charge in [0.05, 0.1) is 12.5 Å². The Hall–Kier alpha value is -0.790. The van der Waals surface area contributed by atoms with Crippen molar-refractivity contribution in [2.24, 2.45) is 29.6 Å². The molecule has 0 aromatic carbocycles. The fourth-order valence-electron chi connectivity index (χ4n) is 3.39. The molecule has 0 aromatic heterocycles. The molecule has 2 aliphatic carbocycles. The molecule has 2 fully saturated rings. The van der Waals surface area contributed by atoms with Gasteiger partial charge in [-0.2, -0.15) is 0 Å². The molecule has 70 valence electrons. The van der Waals surface area contributed by atoms with Crippen LogP contribution in [0.15, 0.2) is 12.2 Å². The summed E-state index contributed by atoms with van der Waals surface area (Å²) in [5.74, 6) is 2.54. The van der Waals surface area contributed by atoms with Crippen LogP contribution in [0.4, 0.5) is 0 Å². The third kappa shape index (κ3) is 0.862. The van der Waals surface area contributed by atoms with Crippen LogP contribution < -0.4 is 0 Å². The van der Waals surface area contributed by atoms with Crippen molar-refractivity contribution < 1.29 is 9.53 Å². The van der Waals surface area contributed by atoms with Crippen LogP contribution in [0.5, 0.6) is 0 Å². The van der Waals surface area contributed by atoms with Crippen LogP contribution in [-0.2, 0) is 9.53 Å². The maximum absolute atomic E-state index is 11.6. The van der Waals surface area contributed by atoms with Crippen molar-refractivity contribution in [3.8, 4) is 0 Å². The monoisotopic (exact) mass is 178 g/mol. The van der Waals surface area contributed by atoms with Gasteiger partial charge in [-0.1, -0.05) is 19.1 Å². The Morgan fingerprint density at radius 2 is 2.15 bits per heavy atom. The molecule has 2 bridgehead atoms. The summed E-state index contributed by atoms with van der Waals surface area (Å²) in [5, 5.41) is 0. The molecule has 1 heterocycles. The van der Waals surface area contributed by atoms with Gasteiger partial charge < -0.3 is 4.74 Å². The van der Waals surface area contributed by atoms with Crippen LogP contribution in [0.25, 0.3) is 0 Å². The molecular formula is C11H14O2. The molecule has 0 unspecified atom stereocenters. The SMILES string of the molecule is C[C@H]1COC(=O)[C@@H]2[C@H]1[C@@H]1C=C[C@H]2C1. The second-order valence-electron chi connectivity index (χ2n) is 4.66. The number of ether oxygens (including phenoxy) is 1. The van der Waals surface area contributed by atoms with Crippen molar-refractivity contribution in [2.45, 2.75) is 13.3 Å². The lowest BCUT2D eigenvalue weighted by atomic mass is 9.74. The van der Waals surface area contributed by atoms with E-state index in [1.54, 1.807) is 0 Å². The zero-order chi connectivity index (χ0) is 9.00. The predicted octanol–water partition coefficient (Wildman–Crippen LogP) is 1.62. The van der Waals surface area contributed by atoms with E-state index < -0.39 is 0 Å². The maximum Gasteiger partial charge on any atom is 0.309 e. The summed E-state index contributed by atoms with van der Waals surface area (Å²) in [6.07, 6.45) is 5.71. The average Bonchev–Trinajstić information content (AvgIpc) is 2.70. The van der Waals surface area contributed by atoms with E-state index in [-0.39, 0.29) is 11.9 Å². The number of fused-ring (bicyclic) bond motifs is 5. The first-order chi connectivity index (χ1) is 6.27. The van der Waals surface area contributed by atoms with Crippen LogP contribution >= 0.6 is 0 Å². The standard InChI is InChI=1S/C11H14O2/c1-6-5-13-11(12)10-8-3-2-7(4-8)9(6)10/h2-3,6-10H,4-5H2,1H3/t6-,7+,8-,9+,10-/m0/s1. The van der Waals surface area contributed by atoms with Gasteiger partial charge in [-0.15, -0.1) is 0 Å². The van der Waals surface area contributed by atoms with Crippen molar-refractivity contribution in [3.05, 3.63) is 12.2 Å². The van der Waals surface area contributed by atoms with Crippen LogP contribution in [0.3, 0.4) is 0 Å². The molecule has 3 rings (SSSR count). The number of rotatable bonds is 0. The van der Waals surface area contributed by atoms with Crippen molar-refractivity contribution in [1.29, 1.82) is 0 Å². The normalized spacial score (nSPS) is 52.1. The van der Waals surface area contributed by atoms with E-state index in [0.29, 0.717) is 30.3 Å². The molecule has 1 aliphatic heterocycles. The van der Waals surface area contributed by atoms with Gasteiger partial charge in [-0.05, 0) is 30.1 Å². The fraction of sp³-hybridized carbons (Fsp3) is 0.727. The number of cyclic esters (lactones) is 1. The molecule has 0 radical (unpaired) electrons. The summed E-state index contributed by atoms with van der Waals surface area (Å²) >= 11 is 0. The summed E-state index contributed by atoms with van der Waals surface area (Å²) in [4.78, 5) is 11.6. The van der Waals surface area contributed by atoms with Crippen molar-refractivity contribution >= 4 is 5.97 Å². The third-order valence-corrected chi connectivity index (χ3v) is 3.94. The van der Waals surface area contributed by atoms with Gasteiger partial charge in [0.15, 0.2) is 0 Å². The summed E-state index contributed by atoms with van der Waals surface area (Å²) in [7, 11) is 0. The lowest BCUT2D eigenvalue weighted by Gasteiger charge is -2.35. The summed E-state index contributed by atoms with van der Waals surface area (Å²) in [5.41, 5.74) is 0. The molecule has 5 atom stereocenters. The number of esters is 1. The van der Waals surface area contributed by atoms with E-state index >= 15 is 0 Å². The second-order valence-corrected chi connectivity index (χ2v) is 4.66. The summed E-state index contributed by atoms with van der Waals surface area (Å²) < 4.78 is 5.18. The van der Waals surface area contributed by atoms with Gasteiger partial charge in [-0.25, -0.2) is 0 Å². The largest absolute Gasteiger partial charge is 0.465 e. The highest BCUT2D eigenvalue weighted by Gasteiger charge is 2.53. The van der Waals surface area contributed by atoms with E-state index in [1.807, 2.05) is 0 Å². The minimum Gasteiger partial charge on any atom is -0.465 e. The van der Waals surface area contributed by atoms with E-state index in [2.05, 4.69) is 19.1 Å². The second kappa shape index (κ2) is 2.37. The van der Waals surface area contributed by atoms with E-state index in [9.17, 15) is 4.79 Å². The van der Waals surface area contributed by atoms with Gasteiger partial charge in [0.2, 0.25) is 0 Å².